The maximum atomic E-state index is 12.1. The molecule has 0 saturated carbocycles. The number of rotatable bonds is 9. The highest BCUT2D eigenvalue weighted by molar-refractivity contribution is 7.09. The van der Waals surface area contributed by atoms with Gasteiger partial charge in [0.2, 0.25) is 0 Å². The number of aromatic nitrogens is 1. The summed E-state index contributed by atoms with van der Waals surface area (Å²) >= 11 is 1.23. The lowest BCUT2D eigenvalue weighted by Crippen LogP contribution is -2.32. The molecule has 1 unspecified atom stereocenters. The van der Waals surface area contributed by atoms with E-state index < -0.39 is 12.3 Å². The monoisotopic (exact) mass is 459 g/mol. The molecule has 3 rings (SSSR count). The highest BCUT2D eigenvalue weighted by atomic mass is 32.1. The van der Waals surface area contributed by atoms with Crippen LogP contribution in [-0.2, 0) is 16.1 Å². The van der Waals surface area contributed by atoms with E-state index in [9.17, 15) is 22.8 Å². The van der Waals surface area contributed by atoms with Gasteiger partial charge in [-0.3, -0.25) is 9.59 Å². The third kappa shape index (κ3) is 7.72. The van der Waals surface area contributed by atoms with E-state index >= 15 is 0 Å². The number of hydrogen-bond donors (Lipinski definition) is 2. The first-order valence-corrected chi connectivity index (χ1v) is 10.3. The van der Waals surface area contributed by atoms with Gasteiger partial charge < -0.3 is 24.8 Å². The normalized spacial score (nSPS) is 16.0. The summed E-state index contributed by atoms with van der Waals surface area (Å²) in [6.07, 6.45) is -2.83. The first-order chi connectivity index (χ1) is 14.8. The van der Waals surface area contributed by atoms with Crippen LogP contribution in [-0.4, -0.2) is 49.0 Å². The van der Waals surface area contributed by atoms with E-state index in [0.29, 0.717) is 18.2 Å². The smallest absolute Gasteiger partial charge is 0.484 e. The number of amides is 2. The third-order valence-corrected chi connectivity index (χ3v) is 5.01. The maximum absolute atomic E-state index is 12.1. The molecule has 0 spiro atoms. The molecule has 0 bridgehead atoms. The summed E-state index contributed by atoms with van der Waals surface area (Å²) in [7, 11) is 0. The summed E-state index contributed by atoms with van der Waals surface area (Å²) < 4.78 is 50.8. The Balaban J connectivity index is 1.37. The fourth-order valence-corrected chi connectivity index (χ4v) is 3.42. The van der Waals surface area contributed by atoms with Gasteiger partial charge in [-0.1, -0.05) is 0 Å². The van der Waals surface area contributed by atoms with E-state index in [0.717, 1.165) is 25.0 Å². The number of thiazole rings is 1. The summed E-state index contributed by atoms with van der Waals surface area (Å²) in [4.78, 5) is 28.2. The molecule has 1 fully saturated rings. The lowest BCUT2D eigenvalue weighted by atomic mass is 10.2. The van der Waals surface area contributed by atoms with Crippen molar-refractivity contribution in [2.24, 2.45) is 0 Å². The zero-order valence-electron chi connectivity index (χ0n) is 16.2. The van der Waals surface area contributed by atoms with Crippen molar-refractivity contribution in [2.75, 3.05) is 19.8 Å². The number of nitrogens with zero attached hydrogens (tertiary/aromatic N) is 1. The fourth-order valence-electron chi connectivity index (χ4n) is 2.71. The average molecular weight is 459 g/mol. The van der Waals surface area contributed by atoms with Crippen LogP contribution < -0.4 is 20.1 Å². The van der Waals surface area contributed by atoms with Crippen LogP contribution in [0.5, 0.6) is 11.5 Å². The van der Waals surface area contributed by atoms with Crippen molar-refractivity contribution in [1.82, 2.24) is 15.6 Å². The SMILES string of the molecule is O=C(COc1ccc(OC(F)(F)F)cc1)NCc1nc(C(=O)NCC2CCCO2)cs1. The Morgan fingerprint density at radius 1 is 1.19 bits per heavy atom. The van der Waals surface area contributed by atoms with Gasteiger partial charge >= 0.3 is 6.36 Å². The van der Waals surface area contributed by atoms with Crippen LogP contribution in [0.1, 0.15) is 28.3 Å². The predicted octanol–water partition coefficient (Wildman–Crippen LogP) is 2.65. The van der Waals surface area contributed by atoms with Gasteiger partial charge in [0.15, 0.2) is 6.61 Å². The third-order valence-electron chi connectivity index (χ3n) is 4.16. The Hall–Kier alpha value is -2.86. The molecule has 1 atom stereocenters. The molecule has 1 aromatic carbocycles. The van der Waals surface area contributed by atoms with E-state index in [2.05, 4.69) is 20.4 Å². The van der Waals surface area contributed by atoms with Crippen LogP contribution in [0.2, 0.25) is 0 Å². The topological polar surface area (TPSA) is 98.8 Å². The number of halogens is 3. The number of nitrogens with one attached hydrogen (secondary N) is 2. The van der Waals surface area contributed by atoms with Crippen molar-refractivity contribution in [1.29, 1.82) is 0 Å². The van der Waals surface area contributed by atoms with E-state index in [1.807, 2.05) is 0 Å². The minimum Gasteiger partial charge on any atom is -0.484 e. The quantitative estimate of drug-likeness (QED) is 0.598. The van der Waals surface area contributed by atoms with Crippen molar-refractivity contribution >= 4 is 23.2 Å². The lowest BCUT2D eigenvalue weighted by Gasteiger charge is -2.10. The Morgan fingerprint density at radius 2 is 1.94 bits per heavy atom. The molecular weight excluding hydrogens is 439 g/mol. The van der Waals surface area contributed by atoms with Crippen LogP contribution >= 0.6 is 11.3 Å². The van der Waals surface area contributed by atoms with Crippen molar-refractivity contribution in [3.63, 3.8) is 0 Å². The summed E-state index contributed by atoms with van der Waals surface area (Å²) in [6, 6.07) is 4.69. The van der Waals surface area contributed by atoms with E-state index in [1.54, 1.807) is 5.38 Å². The first-order valence-electron chi connectivity index (χ1n) is 9.38. The average Bonchev–Trinajstić information content (AvgIpc) is 3.41. The molecule has 8 nitrogen and oxygen atoms in total. The number of ether oxygens (including phenoxy) is 3. The molecular formula is C19H20F3N3O5S. The number of carbonyl (C=O) groups is 2. The van der Waals surface area contributed by atoms with Gasteiger partial charge in [-0.25, -0.2) is 4.98 Å². The molecule has 2 heterocycles. The van der Waals surface area contributed by atoms with Gasteiger partial charge in [0, 0.05) is 18.5 Å². The number of carbonyl (C=O) groups excluding carboxylic acids is 2. The van der Waals surface area contributed by atoms with Gasteiger partial charge in [0.25, 0.3) is 11.8 Å². The van der Waals surface area contributed by atoms with Crippen molar-refractivity contribution in [3.8, 4) is 11.5 Å². The van der Waals surface area contributed by atoms with Crippen molar-refractivity contribution < 1.29 is 37.0 Å². The van der Waals surface area contributed by atoms with E-state index in [4.69, 9.17) is 9.47 Å². The number of benzene rings is 1. The van der Waals surface area contributed by atoms with Gasteiger partial charge in [-0.05, 0) is 37.1 Å². The fraction of sp³-hybridized carbons (Fsp3) is 0.421. The molecule has 1 aliphatic rings. The molecule has 0 aliphatic carbocycles. The zero-order chi connectivity index (χ0) is 22.3. The minimum atomic E-state index is -4.77. The molecule has 1 saturated heterocycles. The summed E-state index contributed by atoms with van der Waals surface area (Å²) in [6.45, 7) is 0.926. The summed E-state index contributed by atoms with van der Waals surface area (Å²) in [5, 5.41) is 7.53. The Labute approximate surface area is 179 Å². The molecule has 1 aromatic heterocycles. The van der Waals surface area contributed by atoms with Gasteiger partial charge in [-0.2, -0.15) is 0 Å². The number of alkyl halides is 3. The highest BCUT2D eigenvalue weighted by Crippen LogP contribution is 2.24. The van der Waals surface area contributed by atoms with Gasteiger partial charge in [-0.15, -0.1) is 24.5 Å². The molecule has 12 heteroatoms. The Kier molecular flexibility index (Phi) is 7.69. The van der Waals surface area contributed by atoms with Crippen LogP contribution in [0.25, 0.3) is 0 Å². The molecule has 0 radical (unpaired) electrons. The molecule has 2 amide bonds. The van der Waals surface area contributed by atoms with Crippen LogP contribution in [0.3, 0.4) is 0 Å². The molecule has 1 aliphatic heterocycles. The molecule has 2 N–H and O–H groups in total. The van der Waals surface area contributed by atoms with Crippen LogP contribution in [0.15, 0.2) is 29.6 Å². The largest absolute Gasteiger partial charge is 0.573 e. The molecule has 2 aromatic rings. The van der Waals surface area contributed by atoms with Crippen molar-refractivity contribution in [3.05, 3.63) is 40.3 Å². The Bertz CT molecular complexity index is 883. The number of hydrogen-bond acceptors (Lipinski definition) is 7. The van der Waals surface area contributed by atoms with E-state index in [1.165, 1.54) is 23.5 Å². The standard InChI is InChI=1S/C19H20F3N3O5S/c20-19(21,22)30-13-5-3-12(4-6-13)29-10-16(26)23-9-17-25-15(11-31-17)18(27)24-8-14-2-1-7-28-14/h3-6,11,14H,1-2,7-10H2,(H,23,26)(H,24,27). The zero-order valence-corrected chi connectivity index (χ0v) is 17.1. The van der Waals surface area contributed by atoms with E-state index in [-0.39, 0.29) is 42.4 Å². The summed E-state index contributed by atoms with van der Waals surface area (Å²) in [5.74, 6) is -0.923. The second kappa shape index (κ2) is 10.4. The van der Waals surface area contributed by atoms with Crippen LogP contribution in [0.4, 0.5) is 13.2 Å². The highest BCUT2D eigenvalue weighted by Gasteiger charge is 2.31. The predicted molar refractivity (Wildman–Crippen MR) is 104 cm³/mol. The molecule has 168 valence electrons. The van der Waals surface area contributed by atoms with Crippen LogP contribution in [0, 0.1) is 0 Å². The lowest BCUT2D eigenvalue weighted by molar-refractivity contribution is -0.274. The minimum absolute atomic E-state index is 0.0368. The Morgan fingerprint density at radius 3 is 2.61 bits per heavy atom. The summed E-state index contributed by atoms with van der Waals surface area (Å²) in [5.41, 5.74) is 0.268. The van der Waals surface area contributed by atoms with Gasteiger partial charge in [0.05, 0.1) is 12.6 Å². The first kappa shape index (κ1) is 22.8. The van der Waals surface area contributed by atoms with Gasteiger partial charge in [0.1, 0.15) is 22.2 Å². The maximum Gasteiger partial charge on any atom is 0.573 e. The molecule has 31 heavy (non-hydrogen) atoms. The second-order valence-corrected chi connectivity index (χ2v) is 7.50. The van der Waals surface area contributed by atoms with Crippen molar-refractivity contribution in [2.45, 2.75) is 31.9 Å². The second-order valence-electron chi connectivity index (χ2n) is 6.56.